The van der Waals surface area contributed by atoms with E-state index in [0.717, 1.165) is 12.3 Å². The van der Waals surface area contributed by atoms with E-state index in [0.29, 0.717) is 5.82 Å². The van der Waals surface area contributed by atoms with Gasteiger partial charge >= 0.3 is 6.03 Å². The lowest BCUT2D eigenvalue weighted by atomic mass is 10.2. The molecule has 0 bridgehead atoms. The second-order valence-corrected chi connectivity index (χ2v) is 4.18. The van der Waals surface area contributed by atoms with E-state index in [1.54, 1.807) is 21.1 Å². The quantitative estimate of drug-likeness (QED) is 0.677. The summed E-state index contributed by atoms with van der Waals surface area (Å²) in [6, 6.07) is 0.856. The third-order valence-corrected chi connectivity index (χ3v) is 2.43. The number of urea groups is 1. The van der Waals surface area contributed by atoms with E-state index in [2.05, 4.69) is 20.9 Å². The lowest BCUT2D eigenvalue weighted by molar-refractivity contribution is 0.0953. The van der Waals surface area contributed by atoms with Crippen molar-refractivity contribution in [1.82, 2.24) is 20.5 Å². The van der Waals surface area contributed by atoms with E-state index in [9.17, 15) is 14.0 Å². The lowest BCUT2D eigenvalue weighted by Gasteiger charge is -2.12. The molecule has 1 heterocycles. The van der Waals surface area contributed by atoms with Crippen LogP contribution in [0.3, 0.4) is 0 Å². The zero-order valence-corrected chi connectivity index (χ0v) is 11.7. The minimum atomic E-state index is -0.588. The van der Waals surface area contributed by atoms with Crippen LogP contribution in [0.15, 0.2) is 12.3 Å². The molecular formula is C12H18FN5O2. The minimum Gasteiger partial charge on any atom is -0.372 e. The first kappa shape index (κ1) is 15.7. The van der Waals surface area contributed by atoms with Gasteiger partial charge in [-0.15, -0.1) is 0 Å². The van der Waals surface area contributed by atoms with Crippen molar-refractivity contribution in [1.29, 1.82) is 0 Å². The average molecular weight is 283 g/mol. The number of nitrogens with one attached hydrogen (secondary N) is 3. The van der Waals surface area contributed by atoms with Gasteiger partial charge in [-0.3, -0.25) is 4.79 Å². The number of pyridine rings is 1. The van der Waals surface area contributed by atoms with Crippen molar-refractivity contribution in [2.75, 3.05) is 39.5 Å². The van der Waals surface area contributed by atoms with Gasteiger partial charge in [0, 0.05) is 34.2 Å². The van der Waals surface area contributed by atoms with Crippen molar-refractivity contribution in [3.63, 3.8) is 0 Å². The number of hydrogen-bond acceptors (Lipinski definition) is 4. The van der Waals surface area contributed by atoms with Crippen LogP contribution in [0.2, 0.25) is 0 Å². The van der Waals surface area contributed by atoms with Gasteiger partial charge < -0.3 is 20.9 Å². The Hall–Kier alpha value is -2.38. The Bertz CT molecular complexity index is 493. The highest BCUT2D eigenvalue weighted by Crippen LogP contribution is 2.12. The molecule has 1 rings (SSSR count). The van der Waals surface area contributed by atoms with Gasteiger partial charge in [-0.05, 0) is 6.07 Å². The summed E-state index contributed by atoms with van der Waals surface area (Å²) in [5, 5.41) is 7.88. The number of hydrogen-bond donors (Lipinski definition) is 3. The first-order valence-electron chi connectivity index (χ1n) is 6.02. The fourth-order valence-electron chi connectivity index (χ4n) is 1.41. The molecule has 8 heteroatoms. The van der Waals surface area contributed by atoms with Crippen LogP contribution in [-0.4, -0.2) is 56.1 Å². The van der Waals surface area contributed by atoms with Crippen LogP contribution in [0.1, 0.15) is 10.4 Å². The van der Waals surface area contributed by atoms with E-state index in [4.69, 9.17) is 0 Å². The largest absolute Gasteiger partial charge is 0.372 e. The second kappa shape index (κ2) is 7.27. The molecule has 3 amide bonds. The lowest BCUT2D eigenvalue weighted by Crippen LogP contribution is -2.39. The fourth-order valence-corrected chi connectivity index (χ4v) is 1.41. The zero-order chi connectivity index (χ0) is 15.1. The van der Waals surface area contributed by atoms with Crippen molar-refractivity contribution >= 4 is 17.8 Å². The van der Waals surface area contributed by atoms with Crippen LogP contribution in [0.5, 0.6) is 0 Å². The molecule has 0 aliphatic rings. The Balaban J connectivity index is 2.51. The summed E-state index contributed by atoms with van der Waals surface area (Å²) in [6.45, 7) is 0.512. The minimum absolute atomic E-state index is 0.117. The Morgan fingerprint density at radius 3 is 2.55 bits per heavy atom. The summed E-state index contributed by atoms with van der Waals surface area (Å²) in [5.74, 6) is -0.753. The molecule has 7 nitrogen and oxygen atoms in total. The van der Waals surface area contributed by atoms with E-state index in [-0.39, 0.29) is 24.7 Å². The molecule has 0 saturated carbocycles. The topological polar surface area (TPSA) is 86.4 Å². The van der Waals surface area contributed by atoms with Crippen molar-refractivity contribution in [3.8, 4) is 0 Å². The number of carbonyl (C=O) groups is 2. The van der Waals surface area contributed by atoms with Gasteiger partial charge in [-0.1, -0.05) is 0 Å². The van der Waals surface area contributed by atoms with Gasteiger partial charge in [0.1, 0.15) is 11.6 Å². The highest BCUT2D eigenvalue weighted by Gasteiger charge is 2.12. The number of carbonyl (C=O) groups excluding carboxylic acids is 2. The molecule has 0 atom stereocenters. The second-order valence-electron chi connectivity index (χ2n) is 4.18. The smallest absolute Gasteiger partial charge is 0.316 e. The van der Waals surface area contributed by atoms with Crippen LogP contribution >= 0.6 is 0 Å². The number of aromatic nitrogens is 1. The van der Waals surface area contributed by atoms with Crippen LogP contribution in [-0.2, 0) is 0 Å². The van der Waals surface area contributed by atoms with Gasteiger partial charge in [0.15, 0.2) is 0 Å². The van der Waals surface area contributed by atoms with Gasteiger partial charge in [-0.2, -0.15) is 0 Å². The SMILES string of the molecule is CNc1ncc(F)cc1C(=O)NCCNC(=O)N(C)C. The summed E-state index contributed by atoms with van der Waals surface area (Å²) in [6.07, 6.45) is 1.03. The Morgan fingerprint density at radius 1 is 1.30 bits per heavy atom. The Morgan fingerprint density at radius 2 is 1.95 bits per heavy atom. The fraction of sp³-hybridized carbons (Fsp3) is 0.417. The van der Waals surface area contributed by atoms with E-state index in [1.165, 1.54) is 4.90 Å². The summed E-state index contributed by atoms with van der Waals surface area (Å²) in [4.78, 5) is 28.3. The predicted molar refractivity (Wildman–Crippen MR) is 73.2 cm³/mol. The number of amides is 3. The number of halogens is 1. The summed E-state index contributed by atoms with van der Waals surface area (Å²) in [7, 11) is 4.82. The standard InChI is InChI=1S/C12H18FN5O2/c1-14-10-9(6-8(13)7-17-10)11(19)15-4-5-16-12(20)18(2)3/h6-7H,4-5H2,1-3H3,(H,14,17)(H,15,19)(H,16,20). The van der Waals surface area contributed by atoms with Crippen molar-refractivity contribution in [3.05, 3.63) is 23.6 Å². The van der Waals surface area contributed by atoms with E-state index in [1.807, 2.05) is 0 Å². The molecule has 20 heavy (non-hydrogen) atoms. The molecule has 0 radical (unpaired) electrons. The monoisotopic (exact) mass is 283 g/mol. The average Bonchev–Trinajstić information content (AvgIpc) is 2.42. The predicted octanol–water partition coefficient (Wildman–Crippen LogP) is 0.263. The normalized spacial score (nSPS) is 9.80. The third-order valence-electron chi connectivity index (χ3n) is 2.43. The van der Waals surface area contributed by atoms with Gasteiger partial charge in [0.05, 0.1) is 11.8 Å². The molecule has 0 aromatic carbocycles. The van der Waals surface area contributed by atoms with Crippen molar-refractivity contribution in [2.24, 2.45) is 0 Å². The molecule has 0 saturated heterocycles. The molecule has 1 aromatic heterocycles. The summed E-state index contributed by atoms with van der Waals surface area (Å²) >= 11 is 0. The van der Waals surface area contributed by atoms with E-state index >= 15 is 0 Å². The molecule has 0 aliphatic carbocycles. The zero-order valence-electron chi connectivity index (χ0n) is 11.7. The van der Waals surface area contributed by atoms with Gasteiger partial charge in [0.25, 0.3) is 5.91 Å². The van der Waals surface area contributed by atoms with Gasteiger partial charge in [-0.25, -0.2) is 14.2 Å². The van der Waals surface area contributed by atoms with Gasteiger partial charge in [0.2, 0.25) is 0 Å². The number of rotatable bonds is 5. The number of nitrogens with zero attached hydrogens (tertiary/aromatic N) is 2. The summed E-state index contributed by atoms with van der Waals surface area (Å²) in [5.41, 5.74) is 0.117. The molecule has 0 fully saturated rings. The van der Waals surface area contributed by atoms with Crippen molar-refractivity contribution in [2.45, 2.75) is 0 Å². The van der Waals surface area contributed by atoms with Crippen molar-refractivity contribution < 1.29 is 14.0 Å². The first-order chi connectivity index (χ1) is 9.45. The van der Waals surface area contributed by atoms with Crippen LogP contribution in [0.4, 0.5) is 15.0 Å². The van der Waals surface area contributed by atoms with E-state index < -0.39 is 11.7 Å². The molecular weight excluding hydrogens is 265 g/mol. The molecule has 3 N–H and O–H groups in total. The molecule has 1 aromatic rings. The van der Waals surface area contributed by atoms with Crippen LogP contribution < -0.4 is 16.0 Å². The number of anilines is 1. The Labute approximate surface area is 116 Å². The van der Waals surface area contributed by atoms with Crippen LogP contribution in [0, 0.1) is 5.82 Å². The first-order valence-corrected chi connectivity index (χ1v) is 6.02. The highest BCUT2D eigenvalue weighted by molar-refractivity contribution is 5.98. The molecule has 0 unspecified atom stereocenters. The maximum Gasteiger partial charge on any atom is 0.316 e. The summed E-state index contributed by atoms with van der Waals surface area (Å²) < 4.78 is 13.1. The third kappa shape index (κ3) is 4.38. The molecule has 0 spiro atoms. The van der Waals surface area contributed by atoms with Crippen LogP contribution in [0.25, 0.3) is 0 Å². The highest BCUT2D eigenvalue weighted by atomic mass is 19.1. The maximum absolute atomic E-state index is 13.1. The molecule has 0 aliphatic heterocycles. The molecule has 110 valence electrons. The maximum atomic E-state index is 13.1. The Kier molecular flexibility index (Phi) is 5.70.